The van der Waals surface area contributed by atoms with Gasteiger partial charge >= 0.3 is 0 Å². The molecule has 19 heavy (non-hydrogen) atoms. The van der Waals surface area contributed by atoms with Gasteiger partial charge in [0.25, 0.3) is 0 Å². The Morgan fingerprint density at radius 3 is 2.84 bits per heavy atom. The van der Waals surface area contributed by atoms with Crippen molar-refractivity contribution in [2.75, 3.05) is 25.6 Å². The second kappa shape index (κ2) is 7.46. The summed E-state index contributed by atoms with van der Waals surface area (Å²) in [7, 11) is 0. The smallest absolute Gasteiger partial charge is 0.222 e. The SMILES string of the molecule is CC1CN(C(=O)CCC2CCCCO2)CC(CCl)O1. The summed E-state index contributed by atoms with van der Waals surface area (Å²) in [6, 6.07) is 0. The number of ether oxygens (including phenoxy) is 2. The quantitative estimate of drug-likeness (QED) is 0.745. The van der Waals surface area contributed by atoms with Crippen LogP contribution in [0.5, 0.6) is 0 Å². The first-order chi connectivity index (χ1) is 9.19. The van der Waals surface area contributed by atoms with Crippen molar-refractivity contribution >= 4 is 17.5 Å². The molecule has 0 bridgehead atoms. The third kappa shape index (κ3) is 4.62. The summed E-state index contributed by atoms with van der Waals surface area (Å²) in [5.74, 6) is 0.652. The highest BCUT2D eigenvalue weighted by Gasteiger charge is 2.28. The van der Waals surface area contributed by atoms with Crippen molar-refractivity contribution in [1.82, 2.24) is 4.90 Å². The fraction of sp³-hybridized carbons (Fsp3) is 0.929. The van der Waals surface area contributed by atoms with E-state index in [4.69, 9.17) is 21.1 Å². The van der Waals surface area contributed by atoms with Gasteiger partial charge in [-0.2, -0.15) is 0 Å². The Bertz CT molecular complexity index is 294. The lowest BCUT2D eigenvalue weighted by Crippen LogP contribution is -2.49. The van der Waals surface area contributed by atoms with Gasteiger partial charge < -0.3 is 14.4 Å². The Hall–Kier alpha value is -0.320. The van der Waals surface area contributed by atoms with E-state index in [9.17, 15) is 4.79 Å². The second-order valence-electron chi connectivity index (χ2n) is 5.55. The van der Waals surface area contributed by atoms with Gasteiger partial charge in [-0.15, -0.1) is 11.6 Å². The summed E-state index contributed by atoms with van der Waals surface area (Å²) in [5, 5.41) is 0. The Morgan fingerprint density at radius 2 is 2.16 bits per heavy atom. The number of alkyl halides is 1. The number of hydrogen-bond acceptors (Lipinski definition) is 3. The first-order valence-electron chi connectivity index (χ1n) is 7.30. The van der Waals surface area contributed by atoms with Gasteiger partial charge in [0.15, 0.2) is 0 Å². The fourth-order valence-corrected chi connectivity index (χ4v) is 2.98. The number of rotatable bonds is 4. The first kappa shape index (κ1) is 15.1. The molecule has 3 atom stereocenters. The van der Waals surface area contributed by atoms with Gasteiger partial charge in [-0.3, -0.25) is 4.79 Å². The minimum atomic E-state index is -0.0275. The molecule has 2 aliphatic heterocycles. The van der Waals surface area contributed by atoms with Crippen LogP contribution in [0.4, 0.5) is 0 Å². The van der Waals surface area contributed by atoms with E-state index in [1.54, 1.807) is 0 Å². The lowest BCUT2D eigenvalue weighted by molar-refractivity contribution is -0.143. The molecule has 2 rings (SSSR count). The minimum Gasteiger partial charge on any atom is -0.378 e. The molecular formula is C14H24ClNO3. The molecule has 4 nitrogen and oxygen atoms in total. The van der Waals surface area contributed by atoms with Crippen LogP contribution in [0, 0.1) is 0 Å². The molecule has 0 radical (unpaired) electrons. The number of morpholine rings is 1. The number of nitrogens with zero attached hydrogens (tertiary/aromatic N) is 1. The number of carbonyl (C=O) groups excluding carboxylic acids is 1. The molecule has 5 heteroatoms. The van der Waals surface area contributed by atoms with E-state index in [0.29, 0.717) is 25.4 Å². The molecule has 110 valence electrons. The summed E-state index contributed by atoms with van der Waals surface area (Å²) in [4.78, 5) is 14.1. The lowest BCUT2D eigenvalue weighted by Gasteiger charge is -2.36. The summed E-state index contributed by atoms with van der Waals surface area (Å²) in [6.07, 6.45) is 5.22. The maximum atomic E-state index is 12.2. The third-order valence-corrected chi connectivity index (χ3v) is 4.15. The Balaban J connectivity index is 1.75. The van der Waals surface area contributed by atoms with Crippen LogP contribution >= 0.6 is 11.6 Å². The highest BCUT2D eigenvalue weighted by Crippen LogP contribution is 2.19. The molecule has 2 heterocycles. The van der Waals surface area contributed by atoms with Crippen molar-refractivity contribution in [2.45, 2.75) is 57.3 Å². The standard InChI is InChI=1S/C14H24ClNO3/c1-11-9-16(10-13(8-15)19-11)14(17)6-5-12-4-2-3-7-18-12/h11-13H,2-10H2,1H3. The van der Waals surface area contributed by atoms with Gasteiger partial charge in [-0.25, -0.2) is 0 Å². The zero-order valence-corrected chi connectivity index (χ0v) is 12.4. The molecule has 2 aliphatic rings. The minimum absolute atomic E-state index is 0.0275. The van der Waals surface area contributed by atoms with Crippen molar-refractivity contribution in [3.63, 3.8) is 0 Å². The molecule has 0 saturated carbocycles. The van der Waals surface area contributed by atoms with Crippen LogP contribution in [0.2, 0.25) is 0 Å². The molecule has 0 aromatic carbocycles. The Morgan fingerprint density at radius 1 is 1.32 bits per heavy atom. The van der Waals surface area contributed by atoms with Gasteiger partial charge in [0, 0.05) is 26.1 Å². The molecule has 3 unspecified atom stereocenters. The summed E-state index contributed by atoms with van der Waals surface area (Å²) in [6.45, 7) is 4.14. The van der Waals surface area contributed by atoms with Crippen LogP contribution < -0.4 is 0 Å². The van der Waals surface area contributed by atoms with Gasteiger partial charge in [-0.05, 0) is 32.6 Å². The lowest BCUT2D eigenvalue weighted by atomic mass is 10.0. The normalized spacial score (nSPS) is 32.3. The average Bonchev–Trinajstić information content (AvgIpc) is 2.45. The van der Waals surface area contributed by atoms with Gasteiger partial charge in [-0.1, -0.05) is 0 Å². The zero-order valence-electron chi connectivity index (χ0n) is 11.6. The maximum Gasteiger partial charge on any atom is 0.222 e. The first-order valence-corrected chi connectivity index (χ1v) is 7.83. The topological polar surface area (TPSA) is 38.8 Å². The molecule has 0 aromatic rings. The molecule has 0 aromatic heterocycles. The van der Waals surface area contributed by atoms with Crippen LogP contribution in [-0.4, -0.2) is 54.7 Å². The van der Waals surface area contributed by atoms with Crippen molar-refractivity contribution in [1.29, 1.82) is 0 Å². The summed E-state index contributed by atoms with van der Waals surface area (Å²) >= 11 is 5.83. The zero-order chi connectivity index (χ0) is 13.7. The molecule has 2 saturated heterocycles. The van der Waals surface area contributed by atoms with E-state index in [-0.39, 0.29) is 24.2 Å². The van der Waals surface area contributed by atoms with Crippen molar-refractivity contribution in [3.05, 3.63) is 0 Å². The van der Waals surface area contributed by atoms with Crippen LogP contribution in [-0.2, 0) is 14.3 Å². The third-order valence-electron chi connectivity index (χ3n) is 3.81. The predicted molar refractivity (Wildman–Crippen MR) is 74.5 cm³/mol. The van der Waals surface area contributed by atoms with E-state index in [1.807, 2.05) is 11.8 Å². The average molecular weight is 290 g/mol. The van der Waals surface area contributed by atoms with E-state index in [0.717, 1.165) is 25.9 Å². The van der Waals surface area contributed by atoms with E-state index < -0.39 is 0 Å². The highest BCUT2D eigenvalue weighted by molar-refractivity contribution is 6.18. The van der Waals surface area contributed by atoms with Crippen LogP contribution in [0.25, 0.3) is 0 Å². The molecule has 0 spiro atoms. The van der Waals surface area contributed by atoms with E-state index in [2.05, 4.69) is 0 Å². The second-order valence-corrected chi connectivity index (χ2v) is 5.86. The van der Waals surface area contributed by atoms with Gasteiger partial charge in [0.2, 0.25) is 5.91 Å². The Kier molecular flexibility index (Phi) is 5.92. The molecule has 2 fully saturated rings. The molecule has 0 aliphatic carbocycles. The maximum absolute atomic E-state index is 12.2. The molecule has 1 amide bonds. The monoisotopic (exact) mass is 289 g/mol. The Labute approximate surface area is 120 Å². The fourth-order valence-electron chi connectivity index (χ4n) is 2.81. The van der Waals surface area contributed by atoms with Crippen LogP contribution in [0.3, 0.4) is 0 Å². The van der Waals surface area contributed by atoms with Crippen molar-refractivity contribution in [2.24, 2.45) is 0 Å². The molecular weight excluding hydrogens is 266 g/mol. The molecule has 0 N–H and O–H groups in total. The number of amides is 1. The number of carbonyl (C=O) groups is 1. The summed E-state index contributed by atoms with van der Waals surface area (Å²) in [5.41, 5.74) is 0. The summed E-state index contributed by atoms with van der Waals surface area (Å²) < 4.78 is 11.3. The van der Waals surface area contributed by atoms with Crippen molar-refractivity contribution in [3.8, 4) is 0 Å². The van der Waals surface area contributed by atoms with Crippen LogP contribution in [0.1, 0.15) is 39.0 Å². The number of hydrogen-bond donors (Lipinski definition) is 0. The number of halogens is 1. The highest BCUT2D eigenvalue weighted by atomic mass is 35.5. The largest absolute Gasteiger partial charge is 0.378 e. The van der Waals surface area contributed by atoms with Gasteiger partial charge in [0.05, 0.1) is 24.2 Å². The van der Waals surface area contributed by atoms with E-state index >= 15 is 0 Å². The van der Waals surface area contributed by atoms with Gasteiger partial charge in [0.1, 0.15) is 0 Å². The van der Waals surface area contributed by atoms with Crippen molar-refractivity contribution < 1.29 is 14.3 Å². The van der Waals surface area contributed by atoms with E-state index in [1.165, 1.54) is 6.42 Å². The van der Waals surface area contributed by atoms with Crippen LogP contribution in [0.15, 0.2) is 0 Å². The predicted octanol–water partition coefficient (Wildman–Crippen LogP) is 2.19.